The highest BCUT2D eigenvalue weighted by Gasteiger charge is 2.28. The summed E-state index contributed by atoms with van der Waals surface area (Å²) in [6, 6.07) is 12.3. The second-order valence-corrected chi connectivity index (χ2v) is 8.25. The molecule has 8 heteroatoms. The standard InChI is InChI=1S/C25H24N2O6/c28-20(16-6-9-21-22(14-16)32-13-3-12-31-21)15-33-24(29)11-10-23-26-19-5-2-1-4-18(19)25(30)27(23)17-7-8-17/h1-2,4-6,9,14,17H,3,7-8,10-13,15H2. The van der Waals surface area contributed by atoms with Gasteiger partial charge in [0.05, 0.1) is 30.5 Å². The van der Waals surface area contributed by atoms with Gasteiger partial charge in [-0.05, 0) is 43.2 Å². The third-order valence-corrected chi connectivity index (χ3v) is 5.78. The number of aromatic nitrogens is 2. The van der Waals surface area contributed by atoms with Crippen LogP contribution in [-0.2, 0) is 16.0 Å². The maximum Gasteiger partial charge on any atom is 0.306 e. The molecule has 0 saturated heterocycles. The number of carbonyl (C=O) groups excluding carboxylic acids is 2. The summed E-state index contributed by atoms with van der Waals surface area (Å²) in [4.78, 5) is 42.4. The van der Waals surface area contributed by atoms with Crippen LogP contribution in [0.25, 0.3) is 10.9 Å². The fourth-order valence-electron chi connectivity index (χ4n) is 3.93. The predicted molar refractivity (Wildman–Crippen MR) is 120 cm³/mol. The summed E-state index contributed by atoms with van der Waals surface area (Å²) in [7, 11) is 0. The van der Waals surface area contributed by atoms with E-state index < -0.39 is 5.97 Å². The van der Waals surface area contributed by atoms with E-state index in [9.17, 15) is 14.4 Å². The van der Waals surface area contributed by atoms with Gasteiger partial charge in [-0.25, -0.2) is 4.98 Å². The van der Waals surface area contributed by atoms with E-state index in [2.05, 4.69) is 4.98 Å². The molecule has 1 fully saturated rings. The minimum atomic E-state index is -0.512. The number of ether oxygens (including phenoxy) is 3. The number of nitrogens with zero attached hydrogens (tertiary/aromatic N) is 2. The number of carbonyl (C=O) groups is 2. The van der Waals surface area contributed by atoms with Crippen molar-refractivity contribution in [1.82, 2.24) is 9.55 Å². The number of hydrogen-bond donors (Lipinski definition) is 0. The second kappa shape index (κ2) is 9.05. The van der Waals surface area contributed by atoms with Gasteiger partial charge in [0.25, 0.3) is 5.56 Å². The molecule has 0 N–H and O–H groups in total. The Morgan fingerprint density at radius 2 is 1.85 bits per heavy atom. The van der Waals surface area contributed by atoms with Gasteiger partial charge >= 0.3 is 5.97 Å². The maximum absolute atomic E-state index is 12.9. The van der Waals surface area contributed by atoms with Crippen molar-refractivity contribution in [2.75, 3.05) is 19.8 Å². The zero-order valence-electron chi connectivity index (χ0n) is 18.1. The van der Waals surface area contributed by atoms with Gasteiger partial charge in [-0.2, -0.15) is 0 Å². The van der Waals surface area contributed by atoms with Crippen molar-refractivity contribution in [3.8, 4) is 11.5 Å². The third-order valence-electron chi connectivity index (χ3n) is 5.78. The molecule has 0 radical (unpaired) electrons. The first-order valence-electron chi connectivity index (χ1n) is 11.2. The van der Waals surface area contributed by atoms with E-state index in [1.807, 2.05) is 12.1 Å². The van der Waals surface area contributed by atoms with Crippen molar-refractivity contribution in [3.63, 3.8) is 0 Å². The molecule has 5 rings (SSSR count). The summed E-state index contributed by atoms with van der Waals surface area (Å²) >= 11 is 0. The van der Waals surface area contributed by atoms with Gasteiger partial charge < -0.3 is 14.2 Å². The Balaban J connectivity index is 1.22. The lowest BCUT2D eigenvalue weighted by molar-refractivity contribution is -0.142. The minimum absolute atomic E-state index is 0.0336. The lowest BCUT2D eigenvalue weighted by Crippen LogP contribution is -2.25. The highest BCUT2D eigenvalue weighted by Crippen LogP contribution is 2.35. The zero-order chi connectivity index (χ0) is 22.8. The molecule has 3 aromatic rings. The summed E-state index contributed by atoms with van der Waals surface area (Å²) < 4.78 is 18.1. The van der Waals surface area contributed by atoms with E-state index in [0.717, 1.165) is 19.3 Å². The molecule has 0 unspecified atom stereocenters. The monoisotopic (exact) mass is 448 g/mol. The van der Waals surface area contributed by atoms with Crippen LogP contribution in [0, 0.1) is 0 Å². The van der Waals surface area contributed by atoms with Crippen LogP contribution in [0.2, 0.25) is 0 Å². The molecule has 2 heterocycles. The van der Waals surface area contributed by atoms with Crippen molar-refractivity contribution in [2.24, 2.45) is 0 Å². The summed E-state index contributed by atoms with van der Waals surface area (Å²) in [5.41, 5.74) is 0.939. The Morgan fingerprint density at radius 3 is 2.67 bits per heavy atom. The Kier molecular flexibility index (Phi) is 5.81. The van der Waals surface area contributed by atoms with Gasteiger partial charge in [-0.3, -0.25) is 19.0 Å². The average Bonchev–Trinajstić information content (AvgIpc) is 3.68. The van der Waals surface area contributed by atoms with Gasteiger partial charge in [0.15, 0.2) is 23.9 Å². The third kappa shape index (κ3) is 4.60. The Labute approximate surface area is 190 Å². The molecule has 1 saturated carbocycles. The van der Waals surface area contributed by atoms with E-state index in [4.69, 9.17) is 14.2 Å². The summed E-state index contributed by atoms with van der Waals surface area (Å²) in [5, 5.41) is 0.580. The van der Waals surface area contributed by atoms with Crippen molar-refractivity contribution >= 4 is 22.7 Å². The second-order valence-electron chi connectivity index (χ2n) is 8.25. The molecule has 170 valence electrons. The number of hydrogen-bond acceptors (Lipinski definition) is 7. The number of ketones is 1. The summed E-state index contributed by atoms with van der Waals surface area (Å²) in [6.45, 7) is 0.728. The zero-order valence-corrected chi connectivity index (χ0v) is 18.1. The van der Waals surface area contributed by atoms with Crippen LogP contribution in [0.1, 0.15) is 47.9 Å². The number of benzene rings is 2. The van der Waals surface area contributed by atoms with Crippen LogP contribution in [0.3, 0.4) is 0 Å². The van der Waals surface area contributed by atoms with Crippen LogP contribution in [0.5, 0.6) is 11.5 Å². The largest absolute Gasteiger partial charge is 0.490 e. The van der Waals surface area contributed by atoms with E-state index >= 15 is 0 Å². The first kappa shape index (κ1) is 21.2. The molecule has 2 aromatic carbocycles. The first-order valence-corrected chi connectivity index (χ1v) is 11.2. The van der Waals surface area contributed by atoms with Gasteiger partial charge in [0.1, 0.15) is 5.82 Å². The number of fused-ring (bicyclic) bond motifs is 2. The number of rotatable bonds is 7. The number of para-hydroxylation sites is 1. The molecule has 0 spiro atoms. The lowest BCUT2D eigenvalue weighted by atomic mass is 10.1. The minimum Gasteiger partial charge on any atom is -0.490 e. The number of Topliss-reactive ketones (excluding diaryl/α,β-unsaturated/α-hetero) is 1. The highest BCUT2D eigenvalue weighted by molar-refractivity contribution is 5.98. The van der Waals surface area contributed by atoms with Crippen molar-refractivity contribution in [2.45, 2.75) is 38.1 Å². The Hall–Kier alpha value is -3.68. The molecule has 1 aliphatic carbocycles. The summed E-state index contributed by atoms with van der Waals surface area (Å²) in [5.74, 6) is 0.864. The summed E-state index contributed by atoms with van der Waals surface area (Å²) in [6.07, 6.45) is 2.94. The van der Waals surface area contributed by atoms with Gasteiger partial charge in [-0.15, -0.1) is 0 Å². The molecule has 2 aliphatic rings. The molecule has 0 bridgehead atoms. The fourth-order valence-corrected chi connectivity index (χ4v) is 3.93. The molecule has 1 aromatic heterocycles. The smallest absolute Gasteiger partial charge is 0.306 e. The van der Waals surface area contributed by atoms with Crippen LogP contribution in [0.4, 0.5) is 0 Å². The SMILES string of the molecule is O=C(CCc1nc2ccccc2c(=O)n1C1CC1)OCC(=O)c1ccc2c(c1)OCCCO2. The first-order chi connectivity index (χ1) is 16.1. The van der Waals surface area contributed by atoms with Crippen LogP contribution >= 0.6 is 0 Å². The number of aryl methyl sites for hydroxylation is 1. The van der Waals surface area contributed by atoms with Crippen molar-refractivity contribution < 1.29 is 23.8 Å². The van der Waals surface area contributed by atoms with Gasteiger partial charge in [0, 0.05) is 24.4 Å². The normalized spacial score (nSPS) is 15.2. The molecule has 0 atom stereocenters. The molecular formula is C25H24N2O6. The quantitative estimate of drug-likeness (QED) is 0.404. The topological polar surface area (TPSA) is 96.7 Å². The van der Waals surface area contributed by atoms with Crippen molar-refractivity contribution in [1.29, 1.82) is 0 Å². The Bertz CT molecular complexity index is 1280. The molecule has 1 aliphatic heterocycles. The molecule has 33 heavy (non-hydrogen) atoms. The van der Waals surface area contributed by atoms with Crippen molar-refractivity contribution in [3.05, 3.63) is 64.2 Å². The van der Waals surface area contributed by atoms with Crippen LogP contribution < -0.4 is 15.0 Å². The maximum atomic E-state index is 12.9. The van der Waals surface area contributed by atoms with Gasteiger partial charge in [0.2, 0.25) is 0 Å². The fraction of sp³-hybridized carbons (Fsp3) is 0.360. The van der Waals surface area contributed by atoms with E-state index in [1.165, 1.54) is 0 Å². The molecule has 0 amide bonds. The Morgan fingerprint density at radius 1 is 1.06 bits per heavy atom. The highest BCUT2D eigenvalue weighted by atomic mass is 16.5. The van der Waals surface area contributed by atoms with E-state index in [0.29, 0.717) is 47.0 Å². The van der Waals surface area contributed by atoms with Gasteiger partial charge in [-0.1, -0.05) is 12.1 Å². The molecule has 8 nitrogen and oxygen atoms in total. The number of esters is 1. The van der Waals surface area contributed by atoms with Crippen LogP contribution in [0.15, 0.2) is 47.3 Å². The lowest BCUT2D eigenvalue weighted by Gasteiger charge is -2.12. The molecular weight excluding hydrogens is 424 g/mol. The average molecular weight is 448 g/mol. The van der Waals surface area contributed by atoms with E-state index in [-0.39, 0.29) is 36.8 Å². The van der Waals surface area contributed by atoms with Crippen LogP contribution in [-0.4, -0.2) is 41.1 Å². The predicted octanol–water partition coefficient (Wildman–Crippen LogP) is 3.25. The van der Waals surface area contributed by atoms with E-state index in [1.54, 1.807) is 34.9 Å².